The van der Waals surface area contributed by atoms with E-state index in [9.17, 15) is 18.8 Å². The van der Waals surface area contributed by atoms with Crippen LogP contribution in [0.5, 0.6) is 0 Å². The van der Waals surface area contributed by atoms with E-state index >= 15 is 0 Å². The van der Waals surface area contributed by atoms with E-state index in [1.54, 1.807) is 17.0 Å². The van der Waals surface area contributed by atoms with Crippen LogP contribution in [0.4, 0.5) is 4.39 Å². The largest absolute Gasteiger partial charge is 0.481 e. The van der Waals surface area contributed by atoms with Gasteiger partial charge in [0.2, 0.25) is 5.91 Å². The molecule has 2 aromatic rings. The van der Waals surface area contributed by atoms with Crippen molar-refractivity contribution in [1.82, 2.24) is 10.2 Å². The maximum atomic E-state index is 13.8. The standard InChI is InChI=1S/C22H25FN2O4S/c23-18-5-2-1-4-17(18)22(29)25-9-7-15(8-10-25)14-24-20(26)12-16(13-21(27)28)19-6-3-11-30-19/h1-6,11,15-16H,7-10,12-14H2,(H,24,26)(H,27,28)/t16-/m1/s1. The fraction of sp³-hybridized carbons (Fsp3) is 0.409. The fourth-order valence-corrected chi connectivity index (χ4v) is 4.54. The van der Waals surface area contributed by atoms with Crippen molar-refractivity contribution in [3.05, 3.63) is 58.0 Å². The van der Waals surface area contributed by atoms with Crippen LogP contribution >= 0.6 is 11.3 Å². The van der Waals surface area contributed by atoms with Gasteiger partial charge in [0, 0.05) is 36.9 Å². The van der Waals surface area contributed by atoms with E-state index in [0.717, 1.165) is 17.7 Å². The van der Waals surface area contributed by atoms with E-state index in [-0.39, 0.29) is 42.1 Å². The molecule has 2 N–H and O–H groups in total. The molecule has 0 bridgehead atoms. The Kier molecular flexibility index (Phi) is 7.57. The van der Waals surface area contributed by atoms with Crippen molar-refractivity contribution >= 4 is 29.1 Å². The first-order valence-electron chi connectivity index (χ1n) is 9.99. The lowest BCUT2D eigenvalue weighted by molar-refractivity contribution is -0.137. The number of likely N-dealkylation sites (tertiary alicyclic amines) is 1. The van der Waals surface area contributed by atoms with Crippen LogP contribution in [0.2, 0.25) is 0 Å². The molecule has 1 fully saturated rings. The van der Waals surface area contributed by atoms with Crippen molar-refractivity contribution in [1.29, 1.82) is 0 Å². The summed E-state index contributed by atoms with van der Waals surface area (Å²) in [4.78, 5) is 38.5. The number of carboxylic acid groups (broad SMARTS) is 1. The van der Waals surface area contributed by atoms with Crippen molar-refractivity contribution in [2.24, 2.45) is 5.92 Å². The van der Waals surface area contributed by atoms with Gasteiger partial charge in [-0.15, -0.1) is 11.3 Å². The second kappa shape index (κ2) is 10.3. The molecule has 0 aliphatic carbocycles. The summed E-state index contributed by atoms with van der Waals surface area (Å²) in [6, 6.07) is 9.68. The number of nitrogens with one attached hydrogen (secondary N) is 1. The van der Waals surface area contributed by atoms with Crippen molar-refractivity contribution in [3.63, 3.8) is 0 Å². The third kappa shape index (κ3) is 5.89. The van der Waals surface area contributed by atoms with Crippen LogP contribution in [-0.4, -0.2) is 47.4 Å². The van der Waals surface area contributed by atoms with Crippen LogP contribution in [0.15, 0.2) is 41.8 Å². The number of halogens is 1. The van der Waals surface area contributed by atoms with Crippen LogP contribution in [0.25, 0.3) is 0 Å². The molecule has 2 amide bonds. The van der Waals surface area contributed by atoms with Gasteiger partial charge in [0.05, 0.1) is 12.0 Å². The summed E-state index contributed by atoms with van der Waals surface area (Å²) < 4.78 is 13.8. The average Bonchev–Trinajstić information content (AvgIpc) is 3.27. The first-order valence-corrected chi connectivity index (χ1v) is 10.9. The minimum absolute atomic E-state index is 0.0789. The Morgan fingerprint density at radius 2 is 1.87 bits per heavy atom. The number of thiophene rings is 1. The number of hydrogen-bond acceptors (Lipinski definition) is 4. The third-order valence-electron chi connectivity index (χ3n) is 5.39. The van der Waals surface area contributed by atoms with Gasteiger partial charge in [-0.05, 0) is 42.3 Å². The molecule has 0 saturated carbocycles. The molecule has 1 aromatic heterocycles. The normalized spacial score (nSPS) is 15.6. The van der Waals surface area contributed by atoms with Gasteiger partial charge < -0.3 is 15.3 Å². The number of piperidine rings is 1. The molecule has 1 aromatic carbocycles. The maximum Gasteiger partial charge on any atom is 0.304 e. The molecule has 0 radical (unpaired) electrons. The van der Waals surface area contributed by atoms with Gasteiger partial charge in [-0.25, -0.2) is 4.39 Å². The number of carboxylic acids is 1. The summed E-state index contributed by atoms with van der Waals surface area (Å²) in [6.45, 7) is 1.53. The predicted molar refractivity (Wildman–Crippen MR) is 112 cm³/mol. The van der Waals surface area contributed by atoms with Crippen LogP contribution < -0.4 is 5.32 Å². The zero-order valence-electron chi connectivity index (χ0n) is 16.6. The molecule has 1 aliphatic heterocycles. The number of carbonyl (C=O) groups is 3. The number of benzene rings is 1. The van der Waals surface area contributed by atoms with Gasteiger partial charge in [0.15, 0.2) is 0 Å². The van der Waals surface area contributed by atoms with Crippen molar-refractivity contribution < 1.29 is 23.9 Å². The summed E-state index contributed by atoms with van der Waals surface area (Å²) in [6.07, 6.45) is 1.51. The van der Waals surface area contributed by atoms with Crippen LogP contribution in [0, 0.1) is 11.7 Å². The van der Waals surface area contributed by atoms with Gasteiger partial charge in [0.1, 0.15) is 5.82 Å². The second-order valence-corrected chi connectivity index (χ2v) is 8.51. The smallest absolute Gasteiger partial charge is 0.304 e. The summed E-state index contributed by atoms with van der Waals surface area (Å²) in [5, 5.41) is 13.9. The molecule has 3 rings (SSSR count). The third-order valence-corrected chi connectivity index (χ3v) is 6.43. The Hall–Kier alpha value is -2.74. The summed E-state index contributed by atoms with van der Waals surface area (Å²) in [5.74, 6) is -2.00. The average molecular weight is 433 g/mol. The number of hydrogen-bond donors (Lipinski definition) is 2. The van der Waals surface area contributed by atoms with Gasteiger partial charge in [-0.2, -0.15) is 0 Å². The molecule has 160 valence electrons. The fourth-order valence-electron chi connectivity index (χ4n) is 3.71. The van der Waals surface area contributed by atoms with E-state index in [0.29, 0.717) is 19.6 Å². The Balaban J connectivity index is 1.45. The molecule has 0 spiro atoms. The lowest BCUT2D eigenvalue weighted by atomic mass is 9.95. The first-order chi connectivity index (χ1) is 14.4. The Bertz CT molecular complexity index is 879. The van der Waals surface area contributed by atoms with Gasteiger partial charge >= 0.3 is 5.97 Å². The highest BCUT2D eigenvalue weighted by Gasteiger charge is 2.26. The van der Waals surface area contributed by atoms with E-state index in [4.69, 9.17) is 5.11 Å². The minimum atomic E-state index is -0.923. The first kappa shape index (κ1) is 22.0. The molecule has 1 aliphatic rings. The molecular formula is C22H25FN2O4S. The van der Waals surface area contributed by atoms with E-state index in [1.807, 2.05) is 17.5 Å². The van der Waals surface area contributed by atoms with Crippen molar-refractivity contribution in [2.75, 3.05) is 19.6 Å². The highest BCUT2D eigenvalue weighted by molar-refractivity contribution is 7.10. The molecule has 30 heavy (non-hydrogen) atoms. The number of rotatable bonds is 8. The van der Waals surface area contributed by atoms with Crippen LogP contribution in [0.3, 0.4) is 0 Å². The summed E-state index contributed by atoms with van der Waals surface area (Å²) in [7, 11) is 0. The Morgan fingerprint density at radius 3 is 2.50 bits per heavy atom. The van der Waals surface area contributed by atoms with Crippen molar-refractivity contribution in [2.45, 2.75) is 31.6 Å². The predicted octanol–water partition coefficient (Wildman–Crippen LogP) is 3.50. The molecule has 8 heteroatoms. The number of nitrogens with zero attached hydrogens (tertiary/aromatic N) is 1. The molecule has 1 saturated heterocycles. The Labute approximate surface area is 178 Å². The molecule has 1 atom stereocenters. The van der Waals surface area contributed by atoms with E-state index in [2.05, 4.69) is 5.32 Å². The zero-order valence-corrected chi connectivity index (χ0v) is 17.4. The topological polar surface area (TPSA) is 86.7 Å². The van der Waals surface area contributed by atoms with Crippen molar-refractivity contribution in [3.8, 4) is 0 Å². The second-order valence-electron chi connectivity index (χ2n) is 7.53. The summed E-state index contributed by atoms with van der Waals surface area (Å²) >= 11 is 1.46. The minimum Gasteiger partial charge on any atom is -0.481 e. The van der Waals surface area contributed by atoms with Crippen LogP contribution in [-0.2, 0) is 9.59 Å². The lowest BCUT2D eigenvalue weighted by Crippen LogP contribution is -2.42. The summed E-state index contributed by atoms with van der Waals surface area (Å²) in [5.41, 5.74) is 0.0855. The highest BCUT2D eigenvalue weighted by Crippen LogP contribution is 2.28. The van der Waals surface area contributed by atoms with Gasteiger partial charge in [-0.1, -0.05) is 18.2 Å². The SMILES string of the molecule is O=C(O)C[C@@H](CC(=O)NCC1CCN(C(=O)c2ccccc2F)CC1)c1cccs1. The zero-order chi connectivity index (χ0) is 21.5. The highest BCUT2D eigenvalue weighted by atomic mass is 32.1. The van der Waals surface area contributed by atoms with Gasteiger partial charge in [-0.3, -0.25) is 14.4 Å². The lowest BCUT2D eigenvalue weighted by Gasteiger charge is -2.32. The molecular weight excluding hydrogens is 407 g/mol. The van der Waals surface area contributed by atoms with Crippen LogP contribution in [0.1, 0.15) is 46.8 Å². The molecule has 2 heterocycles. The van der Waals surface area contributed by atoms with E-state index in [1.165, 1.54) is 23.5 Å². The maximum absolute atomic E-state index is 13.8. The van der Waals surface area contributed by atoms with E-state index < -0.39 is 11.8 Å². The molecule has 6 nitrogen and oxygen atoms in total. The number of amides is 2. The molecule has 0 unspecified atom stereocenters. The Morgan fingerprint density at radius 1 is 1.13 bits per heavy atom. The quantitative estimate of drug-likeness (QED) is 0.668. The number of aliphatic carboxylic acids is 1. The van der Waals surface area contributed by atoms with Gasteiger partial charge in [0.25, 0.3) is 5.91 Å². The monoisotopic (exact) mass is 432 g/mol. The number of carbonyl (C=O) groups excluding carboxylic acids is 2.